The molecule has 1 heterocycles. The van der Waals surface area contributed by atoms with Crippen LogP contribution in [0.3, 0.4) is 0 Å². The van der Waals surface area contributed by atoms with Gasteiger partial charge in [0.2, 0.25) is 0 Å². The summed E-state index contributed by atoms with van der Waals surface area (Å²) in [5.74, 6) is -0.346. The molecule has 1 unspecified atom stereocenters. The lowest BCUT2D eigenvalue weighted by atomic mass is 10.2. The Kier molecular flexibility index (Phi) is 4.37. The lowest BCUT2D eigenvalue weighted by Gasteiger charge is -2.09. The van der Waals surface area contributed by atoms with E-state index < -0.39 is 6.04 Å². The van der Waals surface area contributed by atoms with E-state index in [-0.39, 0.29) is 5.97 Å². The molecule has 0 saturated heterocycles. The Balaban J connectivity index is 2.21. The first-order valence-corrected chi connectivity index (χ1v) is 7.32. The third kappa shape index (κ3) is 2.74. The number of rotatable bonds is 4. The minimum atomic E-state index is -0.602. The van der Waals surface area contributed by atoms with Gasteiger partial charge in [0.25, 0.3) is 0 Å². The maximum Gasteiger partial charge on any atom is 0.323 e. The van der Waals surface area contributed by atoms with Crippen molar-refractivity contribution in [2.75, 3.05) is 6.61 Å². The van der Waals surface area contributed by atoms with E-state index in [1.807, 2.05) is 12.1 Å². The molecule has 2 aromatic rings. The van der Waals surface area contributed by atoms with Crippen LogP contribution in [0.15, 0.2) is 28.7 Å². The second-order valence-electron chi connectivity index (χ2n) is 3.90. The zero-order chi connectivity index (χ0) is 13.1. The number of thiophene rings is 1. The van der Waals surface area contributed by atoms with E-state index in [2.05, 4.69) is 28.1 Å². The van der Waals surface area contributed by atoms with Crippen LogP contribution in [-0.2, 0) is 16.0 Å². The number of halogens is 1. The molecule has 5 heteroatoms. The van der Waals surface area contributed by atoms with E-state index in [0.717, 1.165) is 14.7 Å². The van der Waals surface area contributed by atoms with Gasteiger partial charge in [0.15, 0.2) is 0 Å². The highest BCUT2D eigenvalue weighted by atomic mass is 79.9. The monoisotopic (exact) mass is 327 g/mol. The predicted octanol–water partition coefficient (Wildman–Crippen LogP) is 3.10. The maximum atomic E-state index is 11.5. The molecular weight excluding hydrogens is 314 g/mol. The second kappa shape index (κ2) is 5.82. The molecule has 1 aromatic heterocycles. The standard InChI is InChI=1S/C13H14BrNO2S/c1-2-17-13(16)9(15)7-11-12(14)8-5-3-4-6-10(8)18-11/h3-6,9H,2,7,15H2,1H3. The molecule has 0 amide bonds. The summed E-state index contributed by atoms with van der Waals surface area (Å²) in [4.78, 5) is 12.6. The first-order valence-electron chi connectivity index (χ1n) is 5.71. The Hall–Kier alpha value is -0.910. The number of fused-ring (bicyclic) bond motifs is 1. The summed E-state index contributed by atoms with van der Waals surface area (Å²) in [5, 5.41) is 1.16. The van der Waals surface area contributed by atoms with Gasteiger partial charge in [-0.3, -0.25) is 4.79 Å². The van der Waals surface area contributed by atoms with Crippen molar-refractivity contribution in [3.05, 3.63) is 33.6 Å². The van der Waals surface area contributed by atoms with Crippen molar-refractivity contribution in [2.24, 2.45) is 5.73 Å². The zero-order valence-electron chi connectivity index (χ0n) is 9.98. The molecule has 0 bridgehead atoms. The fourth-order valence-electron chi connectivity index (χ4n) is 1.73. The number of esters is 1. The Bertz CT molecular complexity index is 567. The molecule has 1 atom stereocenters. The van der Waals surface area contributed by atoms with E-state index >= 15 is 0 Å². The normalized spacial score (nSPS) is 12.6. The lowest BCUT2D eigenvalue weighted by molar-refractivity contribution is -0.144. The van der Waals surface area contributed by atoms with Gasteiger partial charge in [0, 0.05) is 25.9 Å². The fourth-order valence-corrected chi connectivity index (χ4v) is 3.76. The predicted molar refractivity (Wildman–Crippen MR) is 77.8 cm³/mol. The van der Waals surface area contributed by atoms with Gasteiger partial charge < -0.3 is 10.5 Å². The van der Waals surface area contributed by atoms with Crippen LogP contribution in [0.5, 0.6) is 0 Å². The average Bonchev–Trinajstić information content (AvgIpc) is 2.67. The molecule has 2 N–H and O–H groups in total. The highest BCUT2D eigenvalue weighted by Crippen LogP contribution is 2.35. The second-order valence-corrected chi connectivity index (χ2v) is 5.83. The Labute approximate surface area is 118 Å². The van der Waals surface area contributed by atoms with Crippen LogP contribution in [-0.4, -0.2) is 18.6 Å². The number of hydrogen-bond donors (Lipinski definition) is 1. The van der Waals surface area contributed by atoms with E-state index in [9.17, 15) is 4.79 Å². The van der Waals surface area contributed by atoms with Gasteiger partial charge in [-0.15, -0.1) is 11.3 Å². The van der Waals surface area contributed by atoms with Crippen molar-refractivity contribution >= 4 is 43.3 Å². The van der Waals surface area contributed by atoms with E-state index in [1.54, 1.807) is 18.3 Å². The molecule has 0 fully saturated rings. The van der Waals surface area contributed by atoms with Crippen LogP contribution < -0.4 is 5.73 Å². The van der Waals surface area contributed by atoms with Crippen molar-refractivity contribution in [1.29, 1.82) is 0 Å². The Morgan fingerprint density at radius 3 is 2.89 bits per heavy atom. The summed E-state index contributed by atoms with van der Waals surface area (Å²) in [6, 6.07) is 7.50. The van der Waals surface area contributed by atoms with Crippen LogP contribution in [0, 0.1) is 0 Å². The Morgan fingerprint density at radius 1 is 1.50 bits per heavy atom. The number of nitrogens with two attached hydrogens (primary N) is 1. The van der Waals surface area contributed by atoms with Crippen LogP contribution in [0.25, 0.3) is 10.1 Å². The highest BCUT2D eigenvalue weighted by Gasteiger charge is 2.19. The molecule has 96 valence electrons. The largest absolute Gasteiger partial charge is 0.465 e. The van der Waals surface area contributed by atoms with Gasteiger partial charge in [0.1, 0.15) is 6.04 Å². The van der Waals surface area contributed by atoms with Crippen molar-refractivity contribution in [3.63, 3.8) is 0 Å². The molecule has 18 heavy (non-hydrogen) atoms. The maximum absolute atomic E-state index is 11.5. The molecule has 0 spiro atoms. The molecule has 3 nitrogen and oxygen atoms in total. The van der Waals surface area contributed by atoms with Gasteiger partial charge in [-0.1, -0.05) is 18.2 Å². The summed E-state index contributed by atoms with van der Waals surface area (Å²) >= 11 is 5.22. The third-order valence-electron chi connectivity index (χ3n) is 2.60. The smallest absolute Gasteiger partial charge is 0.323 e. The Morgan fingerprint density at radius 2 is 2.22 bits per heavy atom. The number of carbonyl (C=O) groups is 1. The summed E-state index contributed by atoms with van der Waals surface area (Å²) in [5.41, 5.74) is 5.84. The molecule has 0 saturated carbocycles. The van der Waals surface area contributed by atoms with Gasteiger partial charge in [-0.05, 0) is 28.9 Å². The van der Waals surface area contributed by atoms with Gasteiger partial charge in [0.05, 0.1) is 6.61 Å². The number of hydrogen-bond acceptors (Lipinski definition) is 4. The van der Waals surface area contributed by atoms with Crippen molar-refractivity contribution < 1.29 is 9.53 Å². The summed E-state index contributed by atoms with van der Waals surface area (Å²) in [6.45, 7) is 2.14. The van der Waals surface area contributed by atoms with Crippen molar-refractivity contribution in [3.8, 4) is 0 Å². The summed E-state index contributed by atoms with van der Waals surface area (Å²) in [6.07, 6.45) is 0.499. The van der Waals surface area contributed by atoms with Crippen LogP contribution in [0.2, 0.25) is 0 Å². The molecule has 2 rings (SSSR count). The van der Waals surface area contributed by atoms with Crippen LogP contribution >= 0.6 is 27.3 Å². The summed E-state index contributed by atoms with van der Waals surface area (Å²) in [7, 11) is 0. The van der Waals surface area contributed by atoms with Crippen LogP contribution in [0.4, 0.5) is 0 Å². The molecular formula is C13H14BrNO2S. The molecule has 0 aliphatic carbocycles. The van der Waals surface area contributed by atoms with Crippen LogP contribution in [0.1, 0.15) is 11.8 Å². The van der Waals surface area contributed by atoms with Crippen molar-refractivity contribution in [1.82, 2.24) is 0 Å². The van der Waals surface area contributed by atoms with Crippen molar-refractivity contribution in [2.45, 2.75) is 19.4 Å². The first-order chi connectivity index (χ1) is 8.63. The fraction of sp³-hybridized carbons (Fsp3) is 0.308. The van der Waals surface area contributed by atoms with E-state index in [0.29, 0.717) is 13.0 Å². The minimum Gasteiger partial charge on any atom is -0.465 e. The van der Waals surface area contributed by atoms with Gasteiger partial charge in [-0.25, -0.2) is 0 Å². The SMILES string of the molecule is CCOC(=O)C(N)Cc1sc2ccccc2c1Br. The molecule has 0 radical (unpaired) electrons. The van der Waals surface area contributed by atoms with Gasteiger partial charge >= 0.3 is 5.97 Å². The first kappa shape index (κ1) is 13.5. The molecule has 0 aliphatic rings. The zero-order valence-corrected chi connectivity index (χ0v) is 12.4. The number of benzene rings is 1. The van der Waals surface area contributed by atoms with E-state index in [4.69, 9.17) is 10.5 Å². The average molecular weight is 328 g/mol. The minimum absolute atomic E-state index is 0.346. The number of ether oxygens (including phenoxy) is 1. The number of carbonyl (C=O) groups excluding carboxylic acids is 1. The van der Waals surface area contributed by atoms with Gasteiger partial charge in [-0.2, -0.15) is 0 Å². The van der Waals surface area contributed by atoms with E-state index in [1.165, 1.54) is 4.70 Å². The summed E-state index contributed by atoms with van der Waals surface area (Å²) < 4.78 is 7.14. The lowest BCUT2D eigenvalue weighted by Crippen LogP contribution is -2.34. The molecule has 1 aromatic carbocycles. The molecule has 0 aliphatic heterocycles. The third-order valence-corrected chi connectivity index (χ3v) is 4.96. The highest BCUT2D eigenvalue weighted by molar-refractivity contribution is 9.10. The topological polar surface area (TPSA) is 52.3 Å². The quantitative estimate of drug-likeness (QED) is 0.878.